The van der Waals surface area contributed by atoms with Crippen LogP contribution in [0, 0.1) is 5.92 Å². The van der Waals surface area contributed by atoms with Crippen molar-refractivity contribution in [1.82, 2.24) is 4.90 Å². The van der Waals surface area contributed by atoms with E-state index in [1.807, 2.05) is 16.7 Å². The van der Waals surface area contributed by atoms with Crippen molar-refractivity contribution in [2.45, 2.75) is 31.7 Å². The van der Waals surface area contributed by atoms with Gasteiger partial charge in [-0.25, -0.2) is 0 Å². The fraction of sp³-hybridized carbons (Fsp3) is 0.909. The zero-order valence-corrected chi connectivity index (χ0v) is 11.2. The van der Waals surface area contributed by atoms with Gasteiger partial charge in [-0.2, -0.15) is 11.8 Å². The summed E-state index contributed by atoms with van der Waals surface area (Å²) in [6.45, 7) is 1.88. The molecule has 1 aliphatic heterocycles. The highest BCUT2D eigenvalue weighted by Gasteiger charge is 2.29. The molecule has 2 fully saturated rings. The van der Waals surface area contributed by atoms with Gasteiger partial charge in [-0.05, 0) is 19.3 Å². The molecule has 94 valence electrons. The first-order valence-corrected chi connectivity index (χ1v) is 7.05. The summed E-state index contributed by atoms with van der Waals surface area (Å²) in [4.78, 5) is 14.2. The molecule has 0 aromatic rings. The monoisotopic (exact) mass is 264 g/mol. The molecule has 2 N–H and O–H groups in total. The molecule has 1 amide bonds. The lowest BCUT2D eigenvalue weighted by Crippen LogP contribution is -2.44. The molecular weight excluding hydrogens is 244 g/mol. The molecule has 1 heterocycles. The van der Waals surface area contributed by atoms with Crippen molar-refractivity contribution in [3.63, 3.8) is 0 Å². The Balaban J connectivity index is 0.00000128. The van der Waals surface area contributed by atoms with Gasteiger partial charge in [0.05, 0.1) is 0 Å². The summed E-state index contributed by atoms with van der Waals surface area (Å²) in [6, 6.07) is 0.256. The number of nitrogens with zero attached hydrogens (tertiary/aromatic N) is 1. The van der Waals surface area contributed by atoms with Crippen LogP contribution in [0.15, 0.2) is 0 Å². The van der Waals surface area contributed by atoms with E-state index < -0.39 is 0 Å². The lowest BCUT2D eigenvalue weighted by molar-refractivity contribution is -0.136. The zero-order valence-electron chi connectivity index (χ0n) is 9.56. The van der Waals surface area contributed by atoms with Gasteiger partial charge < -0.3 is 10.6 Å². The van der Waals surface area contributed by atoms with Crippen molar-refractivity contribution in [1.29, 1.82) is 0 Å². The van der Waals surface area contributed by atoms with E-state index in [1.54, 1.807) is 0 Å². The summed E-state index contributed by atoms with van der Waals surface area (Å²) in [5.41, 5.74) is 5.92. The van der Waals surface area contributed by atoms with Crippen molar-refractivity contribution < 1.29 is 4.79 Å². The van der Waals surface area contributed by atoms with E-state index in [0.29, 0.717) is 5.91 Å². The number of hydrogen-bond acceptors (Lipinski definition) is 3. The van der Waals surface area contributed by atoms with Crippen LogP contribution >= 0.6 is 24.2 Å². The first-order chi connectivity index (χ1) is 7.27. The number of rotatable bonds is 1. The van der Waals surface area contributed by atoms with Crippen molar-refractivity contribution >= 4 is 30.1 Å². The van der Waals surface area contributed by atoms with Gasteiger partial charge >= 0.3 is 0 Å². The molecule has 0 bridgehead atoms. The Morgan fingerprint density at radius 2 is 1.94 bits per heavy atom. The van der Waals surface area contributed by atoms with Crippen molar-refractivity contribution in [2.75, 3.05) is 24.6 Å². The third-order valence-electron chi connectivity index (χ3n) is 3.39. The SMILES string of the molecule is Cl.NC1CCCC(C(=O)N2CCSCC2)C1. The standard InChI is InChI=1S/C11H20N2OS.ClH/c12-10-3-1-2-9(8-10)11(14)13-4-6-15-7-5-13;/h9-10H,1-8,12H2;1H. The van der Waals surface area contributed by atoms with Crippen LogP contribution < -0.4 is 5.73 Å². The van der Waals surface area contributed by atoms with Crippen LogP contribution in [0.2, 0.25) is 0 Å². The summed E-state index contributed by atoms with van der Waals surface area (Å²) >= 11 is 1.94. The summed E-state index contributed by atoms with van der Waals surface area (Å²) in [5, 5.41) is 0. The van der Waals surface area contributed by atoms with E-state index in [1.165, 1.54) is 0 Å². The molecule has 16 heavy (non-hydrogen) atoms. The molecule has 5 heteroatoms. The molecule has 2 unspecified atom stereocenters. The second-order valence-corrected chi connectivity index (χ2v) is 5.79. The fourth-order valence-electron chi connectivity index (χ4n) is 2.49. The van der Waals surface area contributed by atoms with Crippen molar-refractivity contribution in [3.05, 3.63) is 0 Å². The van der Waals surface area contributed by atoms with Gasteiger partial charge in [0.15, 0.2) is 0 Å². The molecule has 1 saturated carbocycles. The Morgan fingerprint density at radius 3 is 2.56 bits per heavy atom. The minimum Gasteiger partial charge on any atom is -0.341 e. The molecule has 2 aliphatic rings. The summed E-state index contributed by atoms with van der Waals surface area (Å²) in [7, 11) is 0. The predicted molar refractivity (Wildman–Crippen MR) is 71.1 cm³/mol. The minimum absolute atomic E-state index is 0. The van der Waals surface area contributed by atoms with Crippen molar-refractivity contribution in [3.8, 4) is 0 Å². The highest BCUT2D eigenvalue weighted by atomic mass is 35.5. The van der Waals surface area contributed by atoms with E-state index in [0.717, 1.165) is 50.3 Å². The molecule has 1 saturated heterocycles. The number of halogens is 1. The fourth-order valence-corrected chi connectivity index (χ4v) is 3.40. The van der Waals surface area contributed by atoms with E-state index in [4.69, 9.17) is 5.73 Å². The van der Waals surface area contributed by atoms with Gasteiger partial charge in [-0.15, -0.1) is 12.4 Å². The molecule has 2 rings (SSSR count). The first kappa shape index (κ1) is 14.1. The Kier molecular flexibility index (Phi) is 5.94. The average molecular weight is 265 g/mol. The second-order valence-electron chi connectivity index (χ2n) is 4.56. The normalized spacial score (nSPS) is 30.7. The van der Waals surface area contributed by atoms with Crippen LogP contribution in [0.1, 0.15) is 25.7 Å². The molecule has 0 spiro atoms. The lowest BCUT2D eigenvalue weighted by atomic mass is 9.85. The molecule has 1 aliphatic carbocycles. The quantitative estimate of drug-likeness (QED) is 0.781. The Hall–Kier alpha value is 0.0700. The first-order valence-electron chi connectivity index (χ1n) is 5.89. The third-order valence-corrected chi connectivity index (χ3v) is 4.33. The Bertz CT molecular complexity index is 234. The van der Waals surface area contributed by atoms with Crippen molar-refractivity contribution in [2.24, 2.45) is 11.7 Å². The molecule has 0 aromatic heterocycles. The largest absolute Gasteiger partial charge is 0.341 e. The molecular formula is C11H21ClN2OS. The van der Waals surface area contributed by atoms with Crippen LogP contribution in [0.25, 0.3) is 0 Å². The van der Waals surface area contributed by atoms with Gasteiger partial charge in [-0.3, -0.25) is 4.79 Å². The van der Waals surface area contributed by atoms with Gasteiger partial charge in [0, 0.05) is 36.6 Å². The van der Waals surface area contributed by atoms with E-state index >= 15 is 0 Å². The van der Waals surface area contributed by atoms with Crippen LogP contribution in [0.3, 0.4) is 0 Å². The van der Waals surface area contributed by atoms with E-state index in [-0.39, 0.29) is 24.4 Å². The number of nitrogens with two attached hydrogens (primary N) is 1. The molecule has 3 nitrogen and oxygen atoms in total. The van der Waals surface area contributed by atoms with Gasteiger partial charge in [0.2, 0.25) is 5.91 Å². The summed E-state index contributed by atoms with van der Waals surface area (Å²) in [6.07, 6.45) is 4.18. The van der Waals surface area contributed by atoms with Crippen LogP contribution in [0.4, 0.5) is 0 Å². The van der Waals surface area contributed by atoms with E-state index in [2.05, 4.69) is 0 Å². The topological polar surface area (TPSA) is 46.3 Å². The maximum atomic E-state index is 12.2. The highest BCUT2D eigenvalue weighted by Crippen LogP contribution is 2.25. The van der Waals surface area contributed by atoms with E-state index in [9.17, 15) is 4.79 Å². The zero-order chi connectivity index (χ0) is 10.7. The smallest absolute Gasteiger partial charge is 0.225 e. The highest BCUT2D eigenvalue weighted by molar-refractivity contribution is 7.99. The Labute approximate surface area is 108 Å². The molecule has 0 radical (unpaired) electrons. The lowest BCUT2D eigenvalue weighted by Gasteiger charge is -2.33. The number of thioether (sulfide) groups is 1. The number of carbonyl (C=O) groups excluding carboxylic acids is 1. The van der Waals surface area contributed by atoms with Crippen LogP contribution in [-0.2, 0) is 4.79 Å². The predicted octanol–water partition coefficient (Wildman–Crippen LogP) is 1.50. The minimum atomic E-state index is 0. The number of hydrogen-bond donors (Lipinski definition) is 1. The third kappa shape index (κ3) is 3.54. The van der Waals surface area contributed by atoms with Gasteiger partial charge in [0.25, 0.3) is 0 Å². The maximum absolute atomic E-state index is 12.2. The van der Waals surface area contributed by atoms with Crippen LogP contribution in [0.5, 0.6) is 0 Å². The average Bonchev–Trinajstić information content (AvgIpc) is 2.29. The Morgan fingerprint density at radius 1 is 1.25 bits per heavy atom. The second kappa shape index (κ2) is 6.72. The summed E-state index contributed by atoms with van der Waals surface area (Å²) < 4.78 is 0. The van der Waals surface area contributed by atoms with Gasteiger partial charge in [0.1, 0.15) is 0 Å². The number of amides is 1. The molecule has 2 atom stereocenters. The number of carbonyl (C=O) groups is 1. The maximum Gasteiger partial charge on any atom is 0.225 e. The van der Waals surface area contributed by atoms with Gasteiger partial charge in [-0.1, -0.05) is 6.42 Å². The summed E-state index contributed by atoms with van der Waals surface area (Å²) in [5.74, 6) is 2.79. The van der Waals surface area contributed by atoms with Crippen LogP contribution in [-0.4, -0.2) is 41.4 Å². The molecule has 0 aromatic carbocycles.